The van der Waals surface area contributed by atoms with Crippen molar-refractivity contribution in [1.29, 1.82) is 0 Å². The fourth-order valence-electron chi connectivity index (χ4n) is 2.06. The summed E-state index contributed by atoms with van der Waals surface area (Å²) in [5.41, 5.74) is -1.07. The first kappa shape index (κ1) is 16.3. The van der Waals surface area contributed by atoms with Crippen molar-refractivity contribution in [1.82, 2.24) is 4.90 Å². The van der Waals surface area contributed by atoms with Crippen LogP contribution in [0.1, 0.15) is 48.0 Å². The lowest BCUT2D eigenvalue weighted by Gasteiger charge is -2.30. The molecule has 0 bridgehead atoms. The third-order valence-corrected chi connectivity index (χ3v) is 3.24. The molecule has 0 aliphatic carbocycles. The predicted octanol–water partition coefficient (Wildman–Crippen LogP) is 3.22. The van der Waals surface area contributed by atoms with E-state index in [1.165, 1.54) is 4.90 Å². The molecule has 19 heavy (non-hydrogen) atoms. The number of hydrogen-bond donors (Lipinski definition) is 0. The third kappa shape index (κ3) is 4.37. The topological polar surface area (TPSA) is 46.6 Å². The molecule has 0 radical (unpaired) electrons. The normalized spacial score (nSPS) is 24.5. The number of Topliss-reactive ketones (excluding diaryl/α,β-unsaturated/α-hetero) is 1. The Balaban J connectivity index is 2.86. The molecule has 0 unspecified atom stereocenters. The quantitative estimate of drug-likeness (QED) is 0.696. The maximum atomic E-state index is 12.4. The van der Waals surface area contributed by atoms with Gasteiger partial charge in [0.2, 0.25) is 0 Å². The van der Waals surface area contributed by atoms with Gasteiger partial charge in [0.15, 0.2) is 5.78 Å². The average molecular weight is 290 g/mol. The van der Waals surface area contributed by atoms with E-state index in [1.807, 2.05) is 20.8 Å². The Morgan fingerprint density at radius 3 is 2.11 bits per heavy atom. The van der Waals surface area contributed by atoms with E-state index in [0.717, 1.165) is 0 Å². The Labute approximate surface area is 120 Å². The summed E-state index contributed by atoms with van der Waals surface area (Å²) >= 11 is 6.11. The van der Waals surface area contributed by atoms with Crippen LogP contribution in [-0.4, -0.2) is 40.3 Å². The van der Waals surface area contributed by atoms with Gasteiger partial charge in [-0.05, 0) is 27.2 Å². The molecule has 1 aliphatic rings. The van der Waals surface area contributed by atoms with Gasteiger partial charge in [0.1, 0.15) is 5.60 Å². The molecule has 1 fully saturated rings. The van der Waals surface area contributed by atoms with Crippen LogP contribution in [0, 0.1) is 5.41 Å². The second-order valence-corrected chi connectivity index (χ2v) is 7.71. The first-order valence-corrected chi connectivity index (χ1v) is 7.03. The number of amides is 1. The first-order chi connectivity index (χ1) is 8.42. The average Bonchev–Trinajstić information content (AvgIpc) is 2.55. The van der Waals surface area contributed by atoms with Gasteiger partial charge in [-0.1, -0.05) is 20.8 Å². The van der Waals surface area contributed by atoms with Crippen molar-refractivity contribution < 1.29 is 14.3 Å². The van der Waals surface area contributed by atoms with Gasteiger partial charge in [-0.25, -0.2) is 4.79 Å². The van der Waals surface area contributed by atoms with Gasteiger partial charge in [-0.3, -0.25) is 9.69 Å². The van der Waals surface area contributed by atoms with Crippen LogP contribution >= 0.6 is 11.6 Å². The lowest BCUT2D eigenvalue weighted by Crippen LogP contribution is -2.46. The van der Waals surface area contributed by atoms with Crippen molar-refractivity contribution in [3.05, 3.63) is 0 Å². The largest absolute Gasteiger partial charge is 0.444 e. The standard InChI is InChI=1S/C14H24ClNO3/c1-13(2,3)11(17)10-7-9(15)8-16(10)12(18)19-14(4,5)6/h9-10H,7-8H2,1-6H3/t9-,10+/m0/s1. The summed E-state index contributed by atoms with van der Waals surface area (Å²) in [6, 6.07) is -0.475. The molecule has 1 saturated heterocycles. The van der Waals surface area contributed by atoms with Gasteiger partial charge in [0, 0.05) is 12.0 Å². The van der Waals surface area contributed by atoms with Gasteiger partial charge in [0.05, 0.1) is 11.4 Å². The number of carbonyl (C=O) groups is 2. The van der Waals surface area contributed by atoms with Crippen LogP contribution in [0.5, 0.6) is 0 Å². The van der Waals surface area contributed by atoms with Crippen molar-refractivity contribution in [2.24, 2.45) is 5.41 Å². The molecule has 0 aromatic heterocycles. The van der Waals surface area contributed by atoms with Crippen molar-refractivity contribution in [3.63, 3.8) is 0 Å². The molecule has 1 amide bonds. The molecule has 110 valence electrons. The zero-order valence-corrected chi connectivity index (χ0v) is 13.4. The highest BCUT2D eigenvalue weighted by atomic mass is 35.5. The van der Waals surface area contributed by atoms with Crippen molar-refractivity contribution in [2.75, 3.05) is 6.54 Å². The van der Waals surface area contributed by atoms with Crippen molar-refractivity contribution in [2.45, 2.75) is 65.0 Å². The Kier molecular flexibility index (Phi) is 4.55. The SMILES string of the molecule is CC(C)(C)OC(=O)N1C[C@@H](Cl)C[C@@H]1C(=O)C(C)(C)C. The van der Waals surface area contributed by atoms with E-state index in [-0.39, 0.29) is 11.2 Å². The first-order valence-electron chi connectivity index (χ1n) is 6.60. The molecule has 0 aromatic carbocycles. The molecule has 5 heteroatoms. The van der Waals surface area contributed by atoms with Gasteiger partial charge in [0.25, 0.3) is 0 Å². The maximum absolute atomic E-state index is 12.4. The Hall–Kier alpha value is -0.770. The third-order valence-electron chi connectivity index (χ3n) is 2.92. The smallest absolute Gasteiger partial charge is 0.410 e. The summed E-state index contributed by atoms with van der Waals surface area (Å²) in [5.74, 6) is 0.0292. The number of halogens is 1. The predicted molar refractivity (Wildman–Crippen MR) is 75.4 cm³/mol. The Bertz CT molecular complexity index is 368. The minimum absolute atomic E-state index is 0.0292. The fraction of sp³-hybridized carbons (Fsp3) is 0.857. The second kappa shape index (κ2) is 5.31. The molecule has 1 aliphatic heterocycles. The minimum atomic E-state index is -0.573. The number of hydrogen-bond acceptors (Lipinski definition) is 3. The summed E-state index contributed by atoms with van der Waals surface area (Å²) in [4.78, 5) is 26.0. The number of likely N-dealkylation sites (tertiary alicyclic amines) is 1. The number of ketones is 1. The minimum Gasteiger partial charge on any atom is -0.444 e. The molecule has 1 rings (SSSR count). The van der Waals surface area contributed by atoms with Crippen molar-refractivity contribution >= 4 is 23.5 Å². The van der Waals surface area contributed by atoms with E-state index in [1.54, 1.807) is 20.8 Å². The monoisotopic (exact) mass is 289 g/mol. The van der Waals surface area contributed by atoms with Gasteiger partial charge >= 0.3 is 6.09 Å². The molecule has 0 aromatic rings. The van der Waals surface area contributed by atoms with Crippen LogP contribution in [0.4, 0.5) is 4.79 Å². The van der Waals surface area contributed by atoms with Crippen molar-refractivity contribution in [3.8, 4) is 0 Å². The second-order valence-electron chi connectivity index (χ2n) is 7.10. The summed E-state index contributed by atoms with van der Waals surface area (Å²) in [5, 5.41) is -0.191. The maximum Gasteiger partial charge on any atom is 0.410 e. The Morgan fingerprint density at radius 1 is 1.16 bits per heavy atom. The number of carbonyl (C=O) groups excluding carboxylic acids is 2. The number of nitrogens with zero attached hydrogens (tertiary/aromatic N) is 1. The molecule has 1 heterocycles. The molecule has 4 nitrogen and oxygen atoms in total. The summed E-state index contributed by atoms with van der Waals surface area (Å²) in [6.45, 7) is 11.3. The van der Waals surface area contributed by atoms with Crippen LogP contribution in [-0.2, 0) is 9.53 Å². The zero-order valence-electron chi connectivity index (χ0n) is 12.6. The highest BCUT2D eigenvalue weighted by Crippen LogP contribution is 2.30. The molecule has 2 atom stereocenters. The van der Waals surface area contributed by atoms with Crippen LogP contribution < -0.4 is 0 Å². The van der Waals surface area contributed by atoms with Crippen LogP contribution in [0.15, 0.2) is 0 Å². The molecule has 0 spiro atoms. The van der Waals surface area contributed by atoms with Gasteiger partial charge < -0.3 is 4.74 Å². The van der Waals surface area contributed by atoms with Crippen LogP contribution in [0.3, 0.4) is 0 Å². The van der Waals surface area contributed by atoms with E-state index in [0.29, 0.717) is 13.0 Å². The number of rotatable bonds is 1. The van der Waals surface area contributed by atoms with Gasteiger partial charge in [-0.15, -0.1) is 11.6 Å². The Morgan fingerprint density at radius 2 is 1.68 bits per heavy atom. The molecule has 0 saturated carbocycles. The lowest BCUT2D eigenvalue weighted by molar-refractivity contribution is -0.130. The van der Waals surface area contributed by atoms with Crippen LogP contribution in [0.2, 0.25) is 0 Å². The zero-order chi connectivity index (χ0) is 15.0. The highest BCUT2D eigenvalue weighted by molar-refractivity contribution is 6.21. The van der Waals surface area contributed by atoms with E-state index in [4.69, 9.17) is 16.3 Å². The number of alkyl halides is 1. The van der Waals surface area contributed by atoms with E-state index in [9.17, 15) is 9.59 Å². The molecule has 0 N–H and O–H groups in total. The molecular weight excluding hydrogens is 266 g/mol. The summed E-state index contributed by atoms with van der Waals surface area (Å²) < 4.78 is 5.34. The lowest BCUT2D eigenvalue weighted by atomic mass is 9.85. The van der Waals surface area contributed by atoms with Crippen LogP contribution in [0.25, 0.3) is 0 Å². The molecular formula is C14H24ClNO3. The van der Waals surface area contributed by atoms with E-state index >= 15 is 0 Å². The number of ether oxygens (including phenoxy) is 1. The summed E-state index contributed by atoms with van der Waals surface area (Å²) in [6.07, 6.45) is 0.0370. The highest BCUT2D eigenvalue weighted by Gasteiger charge is 2.43. The van der Waals surface area contributed by atoms with E-state index < -0.39 is 23.2 Å². The summed E-state index contributed by atoms with van der Waals surface area (Å²) in [7, 11) is 0. The van der Waals surface area contributed by atoms with E-state index in [2.05, 4.69) is 0 Å². The fourth-order valence-corrected chi connectivity index (χ4v) is 2.37. The van der Waals surface area contributed by atoms with Gasteiger partial charge in [-0.2, -0.15) is 0 Å².